The van der Waals surface area contributed by atoms with E-state index in [2.05, 4.69) is 10.6 Å². The number of amides is 2. The van der Waals surface area contributed by atoms with Gasteiger partial charge in [-0.3, -0.25) is 9.59 Å². The van der Waals surface area contributed by atoms with Gasteiger partial charge in [0, 0.05) is 24.4 Å². The molecule has 3 N–H and O–H groups in total. The van der Waals surface area contributed by atoms with Crippen LogP contribution in [0.2, 0.25) is 0 Å². The first-order valence-electron chi connectivity index (χ1n) is 5.96. The van der Waals surface area contributed by atoms with E-state index in [0.717, 1.165) is 12.3 Å². The number of hydrogen-bond acceptors (Lipinski definition) is 4. The van der Waals surface area contributed by atoms with E-state index in [-0.39, 0.29) is 17.2 Å². The molecular formula is C14H12N2O5. The van der Waals surface area contributed by atoms with Gasteiger partial charge >= 0.3 is 5.97 Å². The zero-order valence-electron chi connectivity index (χ0n) is 11.0. The molecule has 2 amide bonds. The van der Waals surface area contributed by atoms with Gasteiger partial charge in [-0.25, -0.2) is 4.79 Å². The van der Waals surface area contributed by atoms with E-state index in [1.807, 2.05) is 0 Å². The smallest absolute Gasteiger partial charge is 0.338 e. The van der Waals surface area contributed by atoms with Crippen LogP contribution in [0.4, 0.5) is 11.4 Å². The molecule has 0 aliphatic carbocycles. The third-order valence-electron chi connectivity index (χ3n) is 2.51. The highest BCUT2D eigenvalue weighted by Gasteiger charge is 2.14. The Hall–Kier alpha value is -3.09. The highest BCUT2D eigenvalue weighted by molar-refractivity contribution is 6.04. The lowest BCUT2D eigenvalue weighted by Crippen LogP contribution is -2.12. The molecule has 0 saturated carbocycles. The second kappa shape index (κ2) is 5.91. The van der Waals surface area contributed by atoms with E-state index in [0.29, 0.717) is 11.4 Å². The van der Waals surface area contributed by atoms with E-state index in [9.17, 15) is 14.4 Å². The Labute approximate surface area is 119 Å². The van der Waals surface area contributed by atoms with Crippen molar-refractivity contribution >= 4 is 29.2 Å². The summed E-state index contributed by atoms with van der Waals surface area (Å²) < 4.78 is 4.89. The molecule has 2 aromatic rings. The molecule has 0 spiro atoms. The average Bonchev–Trinajstić information content (AvgIpc) is 2.88. The van der Waals surface area contributed by atoms with Gasteiger partial charge in [-0.15, -0.1) is 0 Å². The number of anilines is 2. The molecule has 0 unspecified atom stereocenters. The second-order valence-corrected chi connectivity index (χ2v) is 4.22. The second-order valence-electron chi connectivity index (χ2n) is 4.22. The molecule has 0 bridgehead atoms. The summed E-state index contributed by atoms with van der Waals surface area (Å²) in [6, 6.07) is 7.66. The van der Waals surface area contributed by atoms with Crippen LogP contribution in [0.5, 0.6) is 0 Å². The molecule has 1 heterocycles. The normalized spacial score (nSPS) is 9.95. The Morgan fingerprint density at radius 1 is 1.10 bits per heavy atom. The Balaban J connectivity index is 2.11. The maximum atomic E-state index is 11.9. The van der Waals surface area contributed by atoms with Gasteiger partial charge in [0.25, 0.3) is 5.91 Å². The lowest BCUT2D eigenvalue weighted by atomic mass is 10.2. The summed E-state index contributed by atoms with van der Waals surface area (Å²) in [5.41, 5.74) is 0.873. The van der Waals surface area contributed by atoms with Crippen molar-refractivity contribution in [3.8, 4) is 0 Å². The largest absolute Gasteiger partial charge is 0.478 e. The van der Waals surface area contributed by atoms with E-state index >= 15 is 0 Å². The number of hydrogen-bond donors (Lipinski definition) is 3. The van der Waals surface area contributed by atoms with Gasteiger partial charge in [-0.2, -0.15) is 0 Å². The summed E-state index contributed by atoms with van der Waals surface area (Å²) in [4.78, 5) is 33.6. The molecular weight excluding hydrogens is 276 g/mol. The van der Waals surface area contributed by atoms with Crippen molar-refractivity contribution in [3.63, 3.8) is 0 Å². The molecule has 0 aliphatic heterocycles. The minimum atomic E-state index is -1.18. The van der Waals surface area contributed by atoms with Gasteiger partial charge in [0.1, 0.15) is 6.26 Å². The third-order valence-corrected chi connectivity index (χ3v) is 2.51. The number of furan rings is 1. The number of benzene rings is 1. The Morgan fingerprint density at radius 2 is 1.76 bits per heavy atom. The van der Waals surface area contributed by atoms with Crippen molar-refractivity contribution in [1.82, 2.24) is 0 Å². The number of carboxylic acid groups (broad SMARTS) is 1. The van der Waals surface area contributed by atoms with Gasteiger partial charge in [-0.05, 0) is 18.2 Å². The molecule has 7 heteroatoms. The zero-order chi connectivity index (χ0) is 15.4. The van der Waals surface area contributed by atoms with Crippen LogP contribution < -0.4 is 10.6 Å². The summed E-state index contributed by atoms with van der Waals surface area (Å²) in [5, 5.41) is 13.9. The first kappa shape index (κ1) is 14.3. The predicted molar refractivity (Wildman–Crippen MR) is 74.4 cm³/mol. The molecule has 2 rings (SSSR count). The molecule has 0 saturated heterocycles. The fourth-order valence-corrected chi connectivity index (χ4v) is 1.64. The van der Waals surface area contributed by atoms with Crippen LogP contribution in [0.15, 0.2) is 41.0 Å². The minimum Gasteiger partial charge on any atom is -0.478 e. The number of nitrogens with one attached hydrogen (secondary N) is 2. The Bertz CT molecular complexity index is 705. The monoisotopic (exact) mass is 288 g/mol. The molecule has 0 fully saturated rings. The number of aromatic carboxylic acids is 1. The van der Waals surface area contributed by atoms with Crippen LogP contribution in [0.25, 0.3) is 0 Å². The molecule has 7 nitrogen and oxygen atoms in total. The van der Waals surface area contributed by atoms with Crippen LogP contribution in [0, 0.1) is 0 Å². The predicted octanol–water partition coefficient (Wildman–Crippen LogP) is 2.19. The number of carboxylic acids is 1. The van der Waals surface area contributed by atoms with Crippen molar-refractivity contribution < 1.29 is 23.9 Å². The molecule has 0 aliphatic rings. The molecule has 0 radical (unpaired) electrons. The summed E-state index contributed by atoms with van der Waals surface area (Å²) in [6.07, 6.45) is 0.991. The maximum Gasteiger partial charge on any atom is 0.338 e. The van der Waals surface area contributed by atoms with Crippen LogP contribution in [0.3, 0.4) is 0 Å². The highest BCUT2D eigenvalue weighted by atomic mass is 16.4. The standard InChI is InChI=1S/C14H12N2O5/c1-8(17)15-10-3-2-4-11(6-10)16-13(18)12-5-9(7-21-12)14(19)20/h2-7H,1H3,(H,15,17)(H,16,18)(H,19,20). The quantitative estimate of drug-likeness (QED) is 0.799. The van der Waals surface area contributed by atoms with Crippen molar-refractivity contribution in [2.24, 2.45) is 0 Å². The fraction of sp³-hybridized carbons (Fsp3) is 0.0714. The molecule has 1 aromatic carbocycles. The maximum absolute atomic E-state index is 11.9. The Morgan fingerprint density at radius 3 is 2.33 bits per heavy atom. The fourth-order valence-electron chi connectivity index (χ4n) is 1.64. The van der Waals surface area contributed by atoms with E-state index < -0.39 is 11.9 Å². The van der Waals surface area contributed by atoms with Gasteiger partial charge in [0.15, 0.2) is 5.76 Å². The van der Waals surface area contributed by atoms with Gasteiger partial charge in [0.2, 0.25) is 5.91 Å². The Kier molecular flexibility index (Phi) is 4.03. The molecule has 21 heavy (non-hydrogen) atoms. The van der Waals surface area contributed by atoms with E-state index in [1.165, 1.54) is 6.92 Å². The van der Waals surface area contributed by atoms with Gasteiger partial charge in [0.05, 0.1) is 5.56 Å². The van der Waals surface area contributed by atoms with Gasteiger partial charge in [-0.1, -0.05) is 6.07 Å². The molecule has 1 aromatic heterocycles. The first-order valence-corrected chi connectivity index (χ1v) is 5.96. The van der Waals surface area contributed by atoms with E-state index in [1.54, 1.807) is 24.3 Å². The van der Waals surface area contributed by atoms with Crippen molar-refractivity contribution in [3.05, 3.63) is 47.9 Å². The van der Waals surface area contributed by atoms with Crippen molar-refractivity contribution in [2.45, 2.75) is 6.92 Å². The number of carbonyl (C=O) groups excluding carboxylic acids is 2. The summed E-state index contributed by atoms with van der Waals surface area (Å²) >= 11 is 0. The molecule has 108 valence electrons. The third kappa shape index (κ3) is 3.69. The number of rotatable bonds is 4. The van der Waals surface area contributed by atoms with Gasteiger partial charge < -0.3 is 20.2 Å². The minimum absolute atomic E-state index is 0.104. The van der Waals surface area contributed by atoms with Crippen LogP contribution >= 0.6 is 0 Å². The lowest BCUT2D eigenvalue weighted by molar-refractivity contribution is -0.114. The first-order chi connectivity index (χ1) is 9.95. The summed E-state index contributed by atoms with van der Waals surface area (Å²) in [6.45, 7) is 1.38. The average molecular weight is 288 g/mol. The molecule has 0 atom stereocenters. The summed E-state index contributed by atoms with van der Waals surface area (Å²) in [7, 11) is 0. The van der Waals surface area contributed by atoms with Crippen molar-refractivity contribution in [2.75, 3.05) is 10.6 Å². The number of carbonyl (C=O) groups is 3. The van der Waals surface area contributed by atoms with Crippen LogP contribution in [-0.4, -0.2) is 22.9 Å². The van der Waals surface area contributed by atoms with Crippen molar-refractivity contribution in [1.29, 1.82) is 0 Å². The lowest BCUT2D eigenvalue weighted by Gasteiger charge is -2.06. The zero-order valence-corrected chi connectivity index (χ0v) is 11.0. The highest BCUT2D eigenvalue weighted by Crippen LogP contribution is 2.17. The summed E-state index contributed by atoms with van der Waals surface area (Å²) in [5.74, 6) is -2.10. The SMILES string of the molecule is CC(=O)Nc1cccc(NC(=O)c2cc(C(=O)O)co2)c1. The van der Waals surface area contributed by atoms with Crippen LogP contribution in [-0.2, 0) is 4.79 Å². The van der Waals surface area contributed by atoms with E-state index in [4.69, 9.17) is 9.52 Å². The van der Waals surface area contributed by atoms with Crippen LogP contribution in [0.1, 0.15) is 27.8 Å². The topological polar surface area (TPSA) is 109 Å².